The highest BCUT2D eigenvalue weighted by molar-refractivity contribution is 6.29. The number of hydrogen-bond donors (Lipinski definition) is 1. The predicted molar refractivity (Wildman–Crippen MR) is 75.9 cm³/mol. The number of carbonyl (C=O) groups is 1. The molecule has 0 bridgehead atoms. The lowest BCUT2D eigenvalue weighted by Crippen LogP contribution is -2.23. The molecule has 0 saturated carbocycles. The van der Waals surface area contributed by atoms with Crippen LogP contribution in [0.2, 0.25) is 5.15 Å². The van der Waals surface area contributed by atoms with Crippen molar-refractivity contribution in [1.82, 2.24) is 4.98 Å². The third kappa shape index (κ3) is 4.30. The smallest absolute Gasteiger partial charge is 0.227 e. The number of carbonyl (C=O) groups excluding carboxylic acids is 1. The van der Waals surface area contributed by atoms with E-state index in [1.54, 1.807) is 12.1 Å². The standard InChI is InChI=1S/C14H21ClN2O/c1-4-6-11(7-5-2)14(18)17-12-8-9-13(15)16-10(12)3/h8-9,11H,4-7H2,1-3H3,(H,17,18). The number of nitrogens with zero attached hydrogens (tertiary/aromatic N) is 1. The number of nitrogens with one attached hydrogen (secondary N) is 1. The van der Waals surface area contributed by atoms with E-state index < -0.39 is 0 Å². The van der Waals surface area contributed by atoms with Gasteiger partial charge in [0.25, 0.3) is 0 Å². The van der Waals surface area contributed by atoms with Gasteiger partial charge >= 0.3 is 0 Å². The molecule has 1 N–H and O–H groups in total. The summed E-state index contributed by atoms with van der Waals surface area (Å²) >= 11 is 5.79. The van der Waals surface area contributed by atoms with Crippen molar-refractivity contribution < 1.29 is 4.79 Å². The van der Waals surface area contributed by atoms with E-state index in [0.29, 0.717) is 5.15 Å². The monoisotopic (exact) mass is 268 g/mol. The largest absolute Gasteiger partial charge is 0.324 e. The molecule has 4 heteroatoms. The third-order valence-corrected chi connectivity index (χ3v) is 3.17. The second kappa shape index (κ2) is 7.37. The minimum atomic E-state index is 0.0888. The molecule has 0 aliphatic carbocycles. The second-order valence-electron chi connectivity index (χ2n) is 4.53. The fourth-order valence-corrected chi connectivity index (χ4v) is 2.19. The van der Waals surface area contributed by atoms with Crippen LogP contribution in [-0.2, 0) is 4.79 Å². The Balaban J connectivity index is 2.72. The van der Waals surface area contributed by atoms with Gasteiger partial charge in [0.1, 0.15) is 5.15 Å². The zero-order chi connectivity index (χ0) is 13.5. The summed E-state index contributed by atoms with van der Waals surface area (Å²) in [5.74, 6) is 0.181. The van der Waals surface area contributed by atoms with Crippen molar-refractivity contribution in [1.29, 1.82) is 0 Å². The van der Waals surface area contributed by atoms with Crippen molar-refractivity contribution in [3.8, 4) is 0 Å². The van der Waals surface area contributed by atoms with Crippen LogP contribution in [0.1, 0.15) is 45.2 Å². The van der Waals surface area contributed by atoms with E-state index in [2.05, 4.69) is 24.1 Å². The van der Waals surface area contributed by atoms with E-state index in [1.807, 2.05) is 6.92 Å². The van der Waals surface area contributed by atoms with Crippen LogP contribution in [-0.4, -0.2) is 10.9 Å². The van der Waals surface area contributed by atoms with Crippen LogP contribution >= 0.6 is 11.6 Å². The summed E-state index contributed by atoms with van der Waals surface area (Å²) in [7, 11) is 0. The number of rotatable bonds is 6. The Morgan fingerprint density at radius 2 is 1.94 bits per heavy atom. The normalized spacial score (nSPS) is 10.7. The lowest BCUT2D eigenvalue weighted by atomic mass is 9.97. The number of aromatic nitrogens is 1. The summed E-state index contributed by atoms with van der Waals surface area (Å²) in [6.45, 7) is 6.05. The molecule has 0 aliphatic rings. The van der Waals surface area contributed by atoms with Crippen LogP contribution in [0, 0.1) is 12.8 Å². The molecule has 0 fully saturated rings. The topological polar surface area (TPSA) is 42.0 Å². The molecule has 0 radical (unpaired) electrons. The van der Waals surface area contributed by atoms with Gasteiger partial charge in [0.15, 0.2) is 0 Å². The predicted octanol–water partition coefficient (Wildman–Crippen LogP) is 4.20. The number of anilines is 1. The average molecular weight is 269 g/mol. The first-order valence-electron chi connectivity index (χ1n) is 6.52. The van der Waals surface area contributed by atoms with Gasteiger partial charge in [0.05, 0.1) is 11.4 Å². The Morgan fingerprint density at radius 3 is 2.44 bits per heavy atom. The Hall–Kier alpha value is -1.09. The Morgan fingerprint density at radius 1 is 1.33 bits per heavy atom. The highest BCUT2D eigenvalue weighted by Gasteiger charge is 2.17. The van der Waals surface area contributed by atoms with E-state index in [-0.39, 0.29) is 11.8 Å². The van der Waals surface area contributed by atoms with E-state index in [1.165, 1.54) is 0 Å². The van der Waals surface area contributed by atoms with Crippen LogP contribution in [0.3, 0.4) is 0 Å². The van der Waals surface area contributed by atoms with Gasteiger partial charge in [-0.15, -0.1) is 0 Å². The van der Waals surface area contributed by atoms with Crippen molar-refractivity contribution in [3.05, 3.63) is 23.0 Å². The molecule has 0 spiro atoms. The molecule has 1 aromatic rings. The lowest BCUT2D eigenvalue weighted by molar-refractivity contribution is -0.120. The quantitative estimate of drug-likeness (QED) is 0.786. The van der Waals surface area contributed by atoms with Crippen LogP contribution in [0.5, 0.6) is 0 Å². The highest BCUT2D eigenvalue weighted by Crippen LogP contribution is 2.19. The molecule has 1 aromatic heterocycles. The van der Waals surface area contributed by atoms with Crippen molar-refractivity contribution in [2.75, 3.05) is 5.32 Å². The zero-order valence-electron chi connectivity index (χ0n) is 11.3. The van der Waals surface area contributed by atoms with Crippen LogP contribution in [0.25, 0.3) is 0 Å². The Labute approximate surface area is 114 Å². The van der Waals surface area contributed by atoms with Gasteiger partial charge in [-0.2, -0.15) is 0 Å². The van der Waals surface area contributed by atoms with Crippen molar-refractivity contribution in [2.45, 2.75) is 46.5 Å². The SMILES string of the molecule is CCCC(CCC)C(=O)Nc1ccc(Cl)nc1C. The highest BCUT2D eigenvalue weighted by atomic mass is 35.5. The maximum atomic E-state index is 12.2. The number of halogens is 1. The molecule has 0 unspecified atom stereocenters. The summed E-state index contributed by atoms with van der Waals surface area (Å²) in [6.07, 6.45) is 3.91. The average Bonchev–Trinajstić information content (AvgIpc) is 2.32. The fourth-order valence-electron chi connectivity index (χ4n) is 2.00. The minimum absolute atomic E-state index is 0.0888. The molecule has 3 nitrogen and oxygen atoms in total. The number of pyridine rings is 1. The molecule has 0 aromatic carbocycles. The number of aryl methyl sites for hydroxylation is 1. The van der Waals surface area contributed by atoms with Crippen molar-refractivity contribution in [3.63, 3.8) is 0 Å². The van der Waals surface area contributed by atoms with Crippen LogP contribution < -0.4 is 5.32 Å². The fraction of sp³-hybridized carbons (Fsp3) is 0.571. The van der Waals surface area contributed by atoms with Crippen molar-refractivity contribution >= 4 is 23.2 Å². The maximum Gasteiger partial charge on any atom is 0.227 e. The van der Waals surface area contributed by atoms with Crippen LogP contribution in [0.4, 0.5) is 5.69 Å². The molecular weight excluding hydrogens is 248 g/mol. The van der Waals surface area contributed by atoms with Crippen LogP contribution in [0.15, 0.2) is 12.1 Å². The van der Waals surface area contributed by atoms with Gasteiger partial charge in [-0.1, -0.05) is 38.3 Å². The van der Waals surface area contributed by atoms with E-state index >= 15 is 0 Å². The Bertz CT molecular complexity index is 401. The molecular formula is C14H21ClN2O. The summed E-state index contributed by atoms with van der Waals surface area (Å²) in [5, 5.41) is 3.40. The summed E-state index contributed by atoms with van der Waals surface area (Å²) < 4.78 is 0. The summed E-state index contributed by atoms with van der Waals surface area (Å²) in [4.78, 5) is 16.3. The Kier molecular flexibility index (Phi) is 6.13. The van der Waals surface area contributed by atoms with Gasteiger partial charge in [-0.05, 0) is 31.9 Å². The van der Waals surface area contributed by atoms with Gasteiger partial charge in [0, 0.05) is 5.92 Å². The van der Waals surface area contributed by atoms with Gasteiger partial charge in [-0.3, -0.25) is 4.79 Å². The molecule has 18 heavy (non-hydrogen) atoms. The summed E-state index contributed by atoms with van der Waals surface area (Å²) in [6, 6.07) is 3.50. The summed E-state index contributed by atoms with van der Waals surface area (Å²) in [5.41, 5.74) is 1.50. The molecule has 1 rings (SSSR count). The van der Waals surface area contributed by atoms with E-state index in [4.69, 9.17) is 11.6 Å². The molecule has 100 valence electrons. The first kappa shape index (κ1) is 15.0. The first-order chi connectivity index (χ1) is 8.58. The van der Waals surface area contributed by atoms with Crippen molar-refractivity contribution in [2.24, 2.45) is 5.92 Å². The van der Waals surface area contributed by atoms with Gasteiger partial charge in [-0.25, -0.2) is 4.98 Å². The van der Waals surface area contributed by atoms with E-state index in [0.717, 1.165) is 37.1 Å². The number of hydrogen-bond acceptors (Lipinski definition) is 2. The second-order valence-corrected chi connectivity index (χ2v) is 4.92. The lowest BCUT2D eigenvalue weighted by Gasteiger charge is -2.16. The number of amides is 1. The molecule has 1 heterocycles. The maximum absolute atomic E-state index is 12.2. The van der Waals surface area contributed by atoms with Gasteiger partial charge < -0.3 is 5.32 Å². The zero-order valence-corrected chi connectivity index (χ0v) is 12.0. The third-order valence-electron chi connectivity index (χ3n) is 2.95. The molecule has 0 atom stereocenters. The molecule has 0 aliphatic heterocycles. The van der Waals surface area contributed by atoms with Gasteiger partial charge in [0.2, 0.25) is 5.91 Å². The molecule has 1 amide bonds. The minimum Gasteiger partial charge on any atom is -0.324 e. The van der Waals surface area contributed by atoms with E-state index in [9.17, 15) is 4.79 Å². The molecule has 0 saturated heterocycles. The first-order valence-corrected chi connectivity index (χ1v) is 6.90.